The van der Waals surface area contributed by atoms with Gasteiger partial charge in [-0.2, -0.15) is 0 Å². The van der Waals surface area contributed by atoms with Gasteiger partial charge in [-0.3, -0.25) is 9.36 Å². The van der Waals surface area contributed by atoms with Crippen LogP contribution in [0, 0.1) is 0 Å². The van der Waals surface area contributed by atoms with Crippen molar-refractivity contribution in [3.8, 4) is 5.69 Å². The van der Waals surface area contributed by atoms with Crippen LogP contribution in [0.1, 0.15) is 5.82 Å². The number of anilines is 1. The maximum Gasteiger partial charge on any atom is 0.265 e. The van der Waals surface area contributed by atoms with E-state index in [1.54, 1.807) is 15.2 Å². The number of nitrogen functional groups attached to an aromatic ring is 1. The van der Waals surface area contributed by atoms with Gasteiger partial charge >= 0.3 is 0 Å². The first-order valence-corrected chi connectivity index (χ1v) is 11.5. The van der Waals surface area contributed by atoms with Gasteiger partial charge in [0.1, 0.15) is 17.7 Å². The van der Waals surface area contributed by atoms with Crippen molar-refractivity contribution < 1.29 is 10.2 Å². The molecule has 0 aliphatic rings. The number of aromatic nitrogens is 6. The number of nitrogens with two attached hydrogens (primary N) is 1. The summed E-state index contributed by atoms with van der Waals surface area (Å²) < 4.78 is 3.28. The lowest BCUT2D eigenvalue weighted by Gasteiger charge is -2.15. The summed E-state index contributed by atoms with van der Waals surface area (Å²) in [6, 6.07) is 16.6. The van der Waals surface area contributed by atoms with E-state index in [4.69, 9.17) is 10.7 Å². The van der Waals surface area contributed by atoms with Crippen LogP contribution in [0.25, 0.3) is 27.8 Å². The normalized spacial score (nSPS) is 12.4. The van der Waals surface area contributed by atoms with Gasteiger partial charge in [-0.1, -0.05) is 42.1 Å². The second kappa shape index (κ2) is 9.21. The number of para-hydroxylation sites is 2. The van der Waals surface area contributed by atoms with E-state index in [0.717, 1.165) is 0 Å². The Morgan fingerprint density at radius 1 is 1.03 bits per heavy atom. The highest BCUT2D eigenvalue weighted by molar-refractivity contribution is 7.98. The van der Waals surface area contributed by atoms with Crippen molar-refractivity contribution in [3.05, 3.63) is 77.1 Å². The number of rotatable bonds is 7. The van der Waals surface area contributed by atoms with Gasteiger partial charge in [0, 0.05) is 0 Å². The minimum atomic E-state index is -1.02. The Hall–Kier alpha value is -3.80. The van der Waals surface area contributed by atoms with Crippen LogP contribution >= 0.6 is 11.8 Å². The molecule has 172 valence electrons. The molecule has 0 saturated heterocycles. The maximum atomic E-state index is 13.4. The van der Waals surface area contributed by atoms with Gasteiger partial charge in [0.2, 0.25) is 0 Å². The number of imidazole rings is 1. The Bertz CT molecular complexity index is 1530. The molecule has 1 unspecified atom stereocenters. The zero-order chi connectivity index (χ0) is 23.7. The largest absolute Gasteiger partial charge is 0.394 e. The van der Waals surface area contributed by atoms with E-state index >= 15 is 0 Å². The first-order chi connectivity index (χ1) is 16.6. The molecule has 0 amide bonds. The van der Waals surface area contributed by atoms with Crippen molar-refractivity contribution in [2.45, 2.75) is 23.6 Å². The molecule has 3 aromatic heterocycles. The number of aliphatic hydroxyl groups is 2. The summed E-state index contributed by atoms with van der Waals surface area (Å²) in [5.74, 6) is 1.07. The number of benzene rings is 2. The summed E-state index contributed by atoms with van der Waals surface area (Å²) in [6.45, 7) is -0.360. The van der Waals surface area contributed by atoms with E-state index in [0.29, 0.717) is 44.5 Å². The van der Waals surface area contributed by atoms with Gasteiger partial charge < -0.3 is 20.5 Å². The Morgan fingerprint density at radius 2 is 1.79 bits per heavy atom. The molecule has 5 aromatic rings. The number of fused-ring (bicyclic) bond motifs is 2. The lowest BCUT2D eigenvalue weighted by Crippen LogP contribution is -2.23. The zero-order valence-corrected chi connectivity index (χ0v) is 18.8. The summed E-state index contributed by atoms with van der Waals surface area (Å²) in [4.78, 5) is 30.9. The van der Waals surface area contributed by atoms with E-state index in [2.05, 4.69) is 15.0 Å². The molecule has 5 rings (SSSR count). The highest BCUT2D eigenvalue weighted by atomic mass is 32.2. The van der Waals surface area contributed by atoms with Crippen LogP contribution in [-0.2, 0) is 12.3 Å². The molecule has 10 nitrogen and oxygen atoms in total. The summed E-state index contributed by atoms with van der Waals surface area (Å²) in [6.07, 6.45) is 0.307. The summed E-state index contributed by atoms with van der Waals surface area (Å²) >= 11 is 1.33. The number of hydrogen-bond acceptors (Lipinski definition) is 9. The monoisotopic (exact) mass is 475 g/mol. The Kier molecular flexibility index (Phi) is 5.97. The molecule has 0 fully saturated rings. The molecule has 4 N–H and O–H groups in total. The minimum Gasteiger partial charge on any atom is -0.394 e. The highest BCUT2D eigenvalue weighted by Gasteiger charge is 2.20. The molecule has 1 atom stereocenters. The van der Waals surface area contributed by atoms with E-state index in [1.165, 1.54) is 18.1 Å². The molecule has 0 radical (unpaired) electrons. The van der Waals surface area contributed by atoms with Crippen molar-refractivity contribution in [1.29, 1.82) is 0 Å². The molecule has 3 heterocycles. The Balaban J connectivity index is 1.61. The predicted octanol–water partition coefficient (Wildman–Crippen LogP) is 1.75. The van der Waals surface area contributed by atoms with E-state index < -0.39 is 12.7 Å². The molecule has 2 aromatic carbocycles. The third-order valence-electron chi connectivity index (χ3n) is 5.33. The summed E-state index contributed by atoms with van der Waals surface area (Å²) in [5.41, 5.74) is 8.07. The third kappa shape index (κ3) is 4.00. The van der Waals surface area contributed by atoms with Crippen molar-refractivity contribution in [1.82, 2.24) is 29.1 Å². The molecule has 0 spiro atoms. The van der Waals surface area contributed by atoms with Gasteiger partial charge in [0.25, 0.3) is 5.56 Å². The summed E-state index contributed by atoms with van der Waals surface area (Å²) in [7, 11) is 0. The van der Waals surface area contributed by atoms with E-state index in [1.807, 2.05) is 48.5 Å². The predicted molar refractivity (Wildman–Crippen MR) is 130 cm³/mol. The lowest BCUT2D eigenvalue weighted by atomic mass is 10.2. The van der Waals surface area contributed by atoms with Gasteiger partial charge in [-0.15, -0.1) is 0 Å². The van der Waals surface area contributed by atoms with Crippen molar-refractivity contribution in [2.75, 3.05) is 12.3 Å². The Morgan fingerprint density at radius 3 is 2.59 bits per heavy atom. The van der Waals surface area contributed by atoms with Crippen LogP contribution in [0.4, 0.5) is 5.82 Å². The van der Waals surface area contributed by atoms with Crippen LogP contribution in [0.15, 0.2) is 70.9 Å². The second-order valence-electron chi connectivity index (χ2n) is 7.58. The zero-order valence-electron chi connectivity index (χ0n) is 17.9. The van der Waals surface area contributed by atoms with Gasteiger partial charge in [-0.25, -0.2) is 19.9 Å². The molecule has 0 aliphatic heterocycles. The molecular weight excluding hydrogens is 454 g/mol. The molecule has 0 aliphatic carbocycles. The van der Waals surface area contributed by atoms with Crippen LogP contribution in [-0.4, -0.2) is 52.0 Å². The number of hydrogen-bond donors (Lipinski definition) is 3. The Labute approximate surface area is 197 Å². The second-order valence-corrected chi connectivity index (χ2v) is 8.52. The first kappa shape index (κ1) is 22.0. The SMILES string of the molecule is Nc1ncnc2nc(SCc3nc4ccccc4c(=O)n3-c3ccccc3)n(CC(O)CO)c12. The van der Waals surface area contributed by atoms with E-state index in [-0.39, 0.29) is 17.9 Å². The fourth-order valence-corrected chi connectivity index (χ4v) is 4.69. The minimum absolute atomic E-state index is 0.0591. The third-order valence-corrected chi connectivity index (χ3v) is 6.30. The summed E-state index contributed by atoms with van der Waals surface area (Å²) in [5, 5.41) is 20.5. The molecule has 0 saturated carbocycles. The van der Waals surface area contributed by atoms with Gasteiger partial charge in [0.05, 0.1) is 41.6 Å². The van der Waals surface area contributed by atoms with Crippen molar-refractivity contribution in [2.24, 2.45) is 0 Å². The highest BCUT2D eigenvalue weighted by Crippen LogP contribution is 2.28. The standard InChI is InChI=1S/C23H21N7O3S/c24-20-19-21(26-13-25-20)28-23(29(19)10-15(32)11-31)34-12-18-27-17-9-5-4-8-16(17)22(33)30(18)14-6-2-1-3-7-14/h1-9,13,15,31-32H,10-12H2,(H2,24,25,26). The van der Waals surface area contributed by atoms with Crippen molar-refractivity contribution >= 4 is 39.6 Å². The molecule has 11 heteroatoms. The number of nitrogens with zero attached hydrogens (tertiary/aromatic N) is 6. The van der Waals surface area contributed by atoms with Crippen molar-refractivity contribution in [3.63, 3.8) is 0 Å². The lowest BCUT2D eigenvalue weighted by molar-refractivity contribution is 0.0802. The van der Waals surface area contributed by atoms with Crippen LogP contribution in [0.3, 0.4) is 0 Å². The van der Waals surface area contributed by atoms with Crippen LogP contribution < -0.4 is 11.3 Å². The fourth-order valence-electron chi connectivity index (χ4n) is 3.77. The van der Waals surface area contributed by atoms with Gasteiger partial charge in [0.15, 0.2) is 16.6 Å². The molecule has 34 heavy (non-hydrogen) atoms. The fraction of sp³-hybridized carbons (Fsp3) is 0.174. The smallest absolute Gasteiger partial charge is 0.265 e. The van der Waals surface area contributed by atoms with Crippen LogP contribution in [0.5, 0.6) is 0 Å². The number of thioether (sulfide) groups is 1. The first-order valence-electron chi connectivity index (χ1n) is 10.5. The van der Waals surface area contributed by atoms with Crippen LogP contribution in [0.2, 0.25) is 0 Å². The molecular formula is C23H21N7O3S. The topological polar surface area (TPSA) is 145 Å². The van der Waals surface area contributed by atoms with E-state index in [9.17, 15) is 15.0 Å². The average molecular weight is 476 g/mol. The average Bonchev–Trinajstić information content (AvgIpc) is 3.21. The quantitative estimate of drug-likeness (QED) is 0.300. The molecule has 0 bridgehead atoms. The van der Waals surface area contributed by atoms with Gasteiger partial charge in [-0.05, 0) is 24.3 Å². The number of aliphatic hydroxyl groups excluding tert-OH is 2. The maximum absolute atomic E-state index is 13.4.